The Morgan fingerprint density at radius 2 is 1.55 bits per heavy atom. The van der Waals surface area contributed by atoms with Crippen molar-refractivity contribution in [1.82, 2.24) is 0 Å². The predicted octanol–water partition coefficient (Wildman–Crippen LogP) is -0.294. The molecule has 0 aliphatic heterocycles. The third kappa shape index (κ3) is 17.8. The highest BCUT2D eigenvalue weighted by Crippen LogP contribution is 1.78. The average Bonchev–Trinajstić information content (AvgIpc) is 1.89. The van der Waals surface area contributed by atoms with E-state index in [9.17, 15) is 9.59 Å². The maximum atomic E-state index is 9.82. The molecule has 0 spiro atoms. The first-order valence-corrected chi connectivity index (χ1v) is 2.79. The quantitative estimate of drug-likeness (QED) is 0.538. The van der Waals surface area contributed by atoms with E-state index in [4.69, 9.17) is 5.73 Å². The number of primary amides is 2. The summed E-state index contributed by atoms with van der Waals surface area (Å²) in [6.45, 7) is 7.94. The van der Waals surface area contributed by atoms with E-state index < -0.39 is 11.8 Å². The molecule has 0 saturated heterocycles. The molecule has 0 heterocycles. The molecule has 0 atom stereocenters. The van der Waals surface area contributed by atoms with Gasteiger partial charge in [0.05, 0.1) is 0 Å². The van der Waals surface area contributed by atoms with Gasteiger partial charge in [0, 0.05) is 5.57 Å². The molecule has 0 saturated carbocycles. The van der Waals surface area contributed by atoms with Crippen molar-refractivity contribution in [1.29, 1.82) is 0 Å². The van der Waals surface area contributed by atoms with Gasteiger partial charge in [-0.1, -0.05) is 13.2 Å². The molecular weight excluding hydrogens is 144 g/mol. The summed E-state index contributed by atoms with van der Waals surface area (Å²) >= 11 is 0. The first kappa shape index (κ1) is 12.1. The van der Waals surface area contributed by atoms with Crippen LogP contribution in [0.3, 0.4) is 0 Å². The fourth-order valence-electron chi connectivity index (χ4n) is 0. The molecule has 62 valence electrons. The van der Waals surface area contributed by atoms with Crippen LogP contribution in [0.1, 0.15) is 6.92 Å². The first-order valence-electron chi connectivity index (χ1n) is 2.79. The summed E-state index contributed by atoms with van der Waals surface area (Å²) in [5.41, 5.74) is 9.63. The van der Waals surface area contributed by atoms with Gasteiger partial charge in [-0.05, 0) is 13.0 Å². The highest BCUT2D eigenvalue weighted by Gasteiger charge is 1.86. The molecule has 2 amide bonds. The van der Waals surface area contributed by atoms with Gasteiger partial charge in [0.15, 0.2) is 0 Å². The molecule has 4 N–H and O–H groups in total. The number of rotatable bonds is 2. The van der Waals surface area contributed by atoms with Crippen molar-refractivity contribution in [2.75, 3.05) is 0 Å². The fraction of sp³-hybridized carbons (Fsp3) is 0.143. The fourth-order valence-corrected chi connectivity index (χ4v) is 0. The number of amides is 2. The Kier molecular flexibility index (Phi) is 7.21. The molecule has 0 bridgehead atoms. The van der Waals surface area contributed by atoms with E-state index in [-0.39, 0.29) is 0 Å². The van der Waals surface area contributed by atoms with Crippen molar-refractivity contribution < 1.29 is 9.59 Å². The van der Waals surface area contributed by atoms with Gasteiger partial charge in [-0.3, -0.25) is 9.59 Å². The van der Waals surface area contributed by atoms with Gasteiger partial charge in [-0.2, -0.15) is 0 Å². The van der Waals surface area contributed by atoms with Crippen LogP contribution in [-0.2, 0) is 9.59 Å². The second-order valence-electron chi connectivity index (χ2n) is 1.75. The zero-order chi connectivity index (χ0) is 9.44. The summed E-state index contributed by atoms with van der Waals surface area (Å²) in [5, 5.41) is 0. The molecular formula is C7H12N2O2. The molecule has 0 aliphatic carbocycles. The minimum absolute atomic E-state index is 0.398. The molecule has 11 heavy (non-hydrogen) atoms. The van der Waals surface area contributed by atoms with Crippen LogP contribution < -0.4 is 11.5 Å². The van der Waals surface area contributed by atoms with Crippen LogP contribution in [0.5, 0.6) is 0 Å². The maximum Gasteiger partial charge on any atom is 0.243 e. The minimum atomic E-state index is -0.481. The van der Waals surface area contributed by atoms with Crippen molar-refractivity contribution >= 4 is 11.8 Å². The lowest BCUT2D eigenvalue weighted by molar-refractivity contribution is -0.115. The Bertz CT molecular complexity index is 173. The molecule has 0 unspecified atom stereocenters. The monoisotopic (exact) mass is 156 g/mol. The van der Waals surface area contributed by atoms with E-state index in [0.29, 0.717) is 5.57 Å². The highest BCUT2D eigenvalue weighted by atomic mass is 16.1. The lowest BCUT2D eigenvalue weighted by Crippen LogP contribution is -2.10. The maximum absolute atomic E-state index is 9.82. The van der Waals surface area contributed by atoms with Crippen LogP contribution in [0.2, 0.25) is 0 Å². The summed E-state index contributed by atoms with van der Waals surface area (Å²) in [6, 6.07) is 0. The second kappa shape index (κ2) is 6.54. The molecule has 4 heteroatoms. The van der Waals surface area contributed by atoms with Gasteiger partial charge < -0.3 is 11.5 Å². The Balaban J connectivity index is 0. The molecule has 0 aliphatic rings. The standard InChI is InChI=1S/C4H7NO.C3H5NO/c1-3(2)4(5)6;1-2-3(4)5/h1H2,2H3,(H2,5,6);2H,1H2,(H2,4,5). The number of nitrogens with two attached hydrogens (primary N) is 2. The predicted molar refractivity (Wildman–Crippen MR) is 43.4 cm³/mol. The zero-order valence-electron chi connectivity index (χ0n) is 6.46. The van der Waals surface area contributed by atoms with E-state index in [1.54, 1.807) is 6.92 Å². The number of carbonyl (C=O) groups is 2. The summed E-state index contributed by atoms with van der Waals surface area (Å²) < 4.78 is 0. The number of hydrogen-bond donors (Lipinski definition) is 2. The normalized spacial score (nSPS) is 7.00. The first-order chi connectivity index (χ1) is 4.91. The average molecular weight is 156 g/mol. The lowest BCUT2D eigenvalue weighted by Gasteiger charge is -1.81. The summed E-state index contributed by atoms with van der Waals surface area (Å²) in [6.07, 6.45) is 1.06. The summed E-state index contributed by atoms with van der Waals surface area (Å²) in [7, 11) is 0. The largest absolute Gasteiger partial charge is 0.366 e. The van der Waals surface area contributed by atoms with Crippen LogP contribution in [0.15, 0.2) is 24.8 Å². The van der Waals surface area contributed by atoms with Gasteiger partial charge in [0.25, 0.3) is 0 Å². The van der Waals surface area contributed by atoms with Crippen LogP contribution in [0, 0.1) is 0 Å². The highest BCUT2D eigenvalue weighted by molar-refractivity contribution is 5.90. The number of hydrogen-bond acceptors (Lipinski definition) is 2. The summed E-state index contributed by atoms with van der Waals surface area (Å²) in [4.78, 5) is 19.3. The molecule has 0 fully saturated rings. The molecule has 0 aromatic heterocycles. The Labute approximate surface area is 65.6 Å². The van der Waals surface area contributed by atoms with Gasteiger partial charge in [0.1, 0.15) is 0 Å². The summed E-state index contributed by atoms with van der Waals surface area (Å²) in [5.74, 6) is -0.917. The SMILES string of the molecule is C=C(C)C(N)=O.C=CC(N)=O. The van der Waals surface area contributed by atoms with Gasteiger partial charge in [-0.15, -0.1) is 0 Å². The van der Waals surface area contributed by atoms with E-state index >= 15 is 0 Å². The van der Waals surface area contributed by atoms with Crippen molar-refractivity contribution in [3.05, 3.63) is 24.8 Å². The third-order valence-corrected chi connectivity index (χ3v) is 0.622. The zero-order valence-corrected chi connectivity index (χ0v) is 6.46. The van der Waals surface area contributed by atoms with Crippen LogP contribution in [0.4, 0.5) is 0 Å². The van der Waals surface area contributed by atoms with Crippen molar-refractivity contribution in [3.8, 4) is 0 Å². The van der Waals surface area contributed by atoms with Gasteiger partial charge in [0.2, 0.25) is 11.8 Å². The lowest BCUT2D eigenvalue weighted by atomic mass is 10.3. The van der Waals surface area contributed by atoms with Crippen LogP contribution >= 0.6 is 0 Å². The minimum Gasteiger partial charge on any atom is -0.366 e. The van der Waals surface area contributed by atoms with Crippen molar-refractivity contribution in [3.63, 3.8) is 0 Å². The van der Waals surface area contributed by atoms with Crippen molar-refractivity contribution in [2.24, 2.45) is 11.5 Å². The molecule has 4 nitrogen and oxygen atoms in total. The molecule has 0 rings (SSSR count). The molecule has 0 radical (unpaired) electrons. The van der Waals surface area contributed by atoms with Gasteiger partial charge in [-0.25, -0.2) is 0 Å². The van der Waals surface area contributed by atoms with E-state index in [1.165, 1.54) is 0 Å². The van der Waals surface area contributed by atoms with E-state index in [0.717, 1.165) is 6.08 Å². The van der Waals surface area contributed by atoms with E-state index in [1.807, 2.05) is 0 Å². The Hall–Kier alpha value is -1.58. The Morgan fingerprint density at radius 1 is 1.36 bits per heavy atom. The van der Waals surface area contributed by atoms with E-state index in [2.05, 4.69) is 18.9 Å². The van der Waals surface area contributed by atoms with Gasteiger partial charge >= 0.3 is 0 Å². The van der Waals surface area contributed by atoms with Crippen LogP contribution in [-0.4, -0.2) is 11.8 Å². The second-order valence-corrected chi connectivity index (χ2v) is 1.75. The Morgan fingerprint density at radius 3 is 1.55 bits per heavy atom. The molecule has 0 aromatic rings. The van der Waals surface area contributed by atoms with Crippen LogP contribution in [0.25, 0.3) is 0 Å². The smallest absolute Gasteiger partial charge is 0.243 e. The third-order valence-electron chi connectivity index (χ3n) is 0.622. The number of carbonyl (C=O) groups excluding carboxylic acids is 2. The topological polar surface area (TPSA) is 86.2 Å². The molecule has 0 aromatic carbocycles. The van der Waals surface area contributed by atoms with Crippen molar-refractivity contribution in [2.45, 2.75) is 6.92 Å².